The number of rotatable bonds is 8. The maximum absolute atomic E-state index is 14.0. The van der Waals surface area contributed by atoms with E-state index in [4.69, 9.17) is 0 Å². The van der Waals surface area contributed by atoms with Crippen molar-refractivity contribution in [2.45, 2.75) is 32.5 Å². The molecule has 2 aromatic rings. The number of halogens is 1. The highest BCUT2D eigenvalue weighted by Crippen LogP contribution is 2.19. The summed E-state index contributed by atoms with van der Waals surface area (Å²) in [6, 6.07) is 13.7. The quantitative estimate of drug-likeness (QED) is 0.566. The summed E-state index contributed by atoms with van der Waals surface area (Å²) in [6.45, 7) is 6.28. The number of hydrogen-bond donors (Lipinski definition) is 2. The van der Waals surface area contributed by atoms with Gasteiger partial charge in [0.1, 0.15) is 11.6 Å². The van der Waals surface area contributed by atoms with Gasteiger partial charge in [-0.25, -0.2) is 4.39 Å². The van der Waals surface area contributed by atoms with Crippen LogP contribution in [0.2, 0.25) is 0 Å². The minimum absolute atomic E-state index is 0.00119. The van der Waals surface area contributed by atoms with Gasteiger partial charge in [0.15, 0.2) is 0 Å². The number of aromatic hydroxyl groups is 1. The van der Waals surface area contributed by atoms with E-state index in [1.807, 2.05) is 30.3 Å². The van der Waals surface area contributed by atoms with Crippen LogP contribution < -0.4 is 0 Å². The second-order valence-corrected chi connectivity index (χ2v) is 5.96. The molecule has 0 amide bonds. The highest BCUT2D eigenvalue weighted by atomic mass is 19.1. The van der Waals surface area contributed by atoms with Crippen molar-refractivity contribution in [1.82, 2.24) is 4.90 Å². The van der Waals surface area contributed by atoms with E-state index in [1.165, 1.54) is 18.2 Å². The lowest BCUT2D eigenvalue weighted by Crippen LogP contribution is -2.23. The molecule has 4 nitrogen and oxygen atoms in total. The summed E-state index contributed by atoms with van der Waals surface area (Å²) in [5.74, 6) is -0.414. The summed E-state index contributed by atoms with van der Waals surface area (Å²) in [7, 11) is 0. The molecule has 2 rings (SSSR count). The Morgan fingerprint density at radius 1 is 1.28 bits per heavy atom. The first-order valence-corrected chi connectivity index (χ1v) is 8.09. The molecule has 0 aliphatic carbocycles. The summed E-state index contributed by atoms with van der Waals surface area (Å²) in [6.07, 6.45) is 1.38. The fourth-order valence-electron chi connectivity index (χ4n) is 2.39. The van der Waals surface area contributed by atoms with Gasteiger partial charge in [-0.15, -0.1) is 0 Å². The van der Waals surface area contributed by atoms with Crippen molar-refractivity contribution in [2.75, 3.05) is 0 Å². The fourth-order valence-corrected chi connectivity index (χ4v) is 2.39. The molecule has 0 spiro atoms. The molecule has 0 aliphatic rings. The van der Waals surface area contributed by atoms with Crippen LogP contribution in [0.25, 0.3) is 0 Å². The van der Waals surface area contributed by atoms with Gasteiger partial charge in [0.05, 0.1) is 25.5 Å². The predicted molar refractivity (Wildman–Crippen MR) is 97.7 cm³/mol. The zero-order chi connectivity index (χ0) is 18.2. The Morgan fingerprint density at radius 3 is 2.68 bits per heavy atom. The van der Waals surface area contributed by atoms with Crippen molar-refractivity contribution < 1.29 is 14.6 Å². The minimum atomic E-state index is -0.563. The first-order chi connectivity index (χ1) is 12.0. The minimum Gasteiger partial charge on any atom is -0.508 e. The number of benzene rings is 2. The van der Waals surface area contributed by atoms with Gasteiger partial charge in [-0.1, -0.05) is 36.9 Å². The van der Waals surface area contributed by atoms with Crippen molar-refractivity contribution in [3.63, 3.8) is 0 Å². The second-order valence-electron chi connectivity index (χ2n) is 5.96. The molecule has 0 fully saturated rings. The monoisotopic (exact) mass is 342 g/mol. The standard InChI is InChI=1S/C20H23FN2O2/c1-15(10-16(2)24)23(13-18-11-19(25)8-9-20(18)21)14-22-12-17-6-4-3-5-7-17/h3-9,11,14,16,24-25H,1,10,12-13H2,2H3/b22-14-. The number of hydrogen-bond acceptors (Lipinski definition) is 3. The maximum atomic E-state index is 14.0. The van der Waals surface area contributed by atoms with Crippen molar-refractivity contribution in [2.24, 2.45) is 4.99 Å². The van der Waals surface area contributed by atoms with Gasteiger partial charge >= 0.3 is 0 Å². The molecule has 2 N–H and O–H groups in total. The lowest BCUT2D eigenvalue weighted by atomic mass is 10.1. The lowest BCUT2D eigenvalue weighted by molar-refractivity contribution is 0.187. The van der Waals surface area contributed by atoms with Gasteiger partial charge in [-0.2, -0.15) is 0 Å². The van der Waals surface area contributed by atoms with Crippen LogP contribution in [0.5, 0.6) is 5.75 Å². The molecule has 0 radical (unpaired) electrons. The van der Waals surface area contributed by atoms with Crippen LogP contribution in [0, 0.1) is 5.82 Å². The third-order valence-corrected chi connectivity index (χ3v) is 3.64. The van der Waals surface area contributed by atoms with E-state index in [0.717, 1.165) is 5.56 Å². The number of phenols is 1. The average molecular weight is 342 g/mol. The SMILES string of the molecule is C=C(CC(C)O)N(/C=N\Cc1ccccc1)Cc1cc(O)ccc1F. The first-order valence-electron chi connectivity index (χ1n) is 8.09. The van der Waals surface area contributed by atoms with E-state index in [9.17, 15) is 14.6 Å². The van der Waals surface area contributed by atoms with Crippen LogP contribution in [-0.2, 0) is 13.1 Å². The van der Waals surface area contributed by atoms with Gasteiger partial charge in [-0.3, -0.25) is 4.99 Å². The number of nitrogens with zero attached hydrogens (tertiary/aromatic N) is 2. The Morgan fingerprint density at radius 2 is 2.00 bits per heavy atom. The zero-order valence-corrected chi connectivity index (χ0v) is 14.3. The van der Waals surface area contributed by atoms with Crippen molar-refractivity contribution >= 4 is 6.34 Å². The van der Waals surface area contributed by atoms with Crippen LogP contribution in [0.1, 0.15) is 24.5 Å². The Labute approximate surface area is 147 Å². The van der Waals surface area contributed by atoms with Gasteiger partial charge in [0, 0.05) is 17.7 Å². The molecule has 0 heterocycles. The highest BCUT2D eigenvalue weighted by Gasteiger charge is 2.12. The molecule has 0 saturated heterocycles. The molecule has 25 heavy (non-hydrogen) atoms. The maximum Gasteiger partial charge on any atom is 0.128 e. The molecular formula is C20H23FN2O2. The molecule has 2 aromatic carbocycles. The van der Waals surface area contributed by atoms with Crippen molar-refractivity contribution in [3.05, 3.63) is 77.8 Å². The summed E-state index contributed by atoms with van der Waals surface area (Å²) in [5.41, 5.74) is 2.01. The summed E-state index contributed by atoms with van der Waals surface area (Å²) < 4.78 is 14.0. The van der Waals surface area contributed by atoms with E-state index >= 15 is 0 Å². The average Bonchev–Trinajstić information content (AvgIpc) is 2.57. The van der Waals surface area contributed by atoms with Crippen LogP contribution in [0.15, 0.2) is 65.8 Å². The first kappa shape index (κ1) is 18.7. The predicted octanol–water partition coefficient (Wildman–Crippen LogP) is 3.85. The topological polar surface area (TPSA) is 56.1 Å². The van der Waals surface area contributed by atoms with E-state index < -0.39 is 11.9 Å². The molecule has 0 aliphatic heterocycles. The third kappa shape index (κ3) is 6.04. The Hall–Kier alpha value is -2.66. The smallest absolute Gasteiger partial charge is 0.128 e. The zero-order valence-electron chi connectivity index (χ0n) is 14.3. The van der Waals surface area contributed by atoms with E-state index in [-0.39, 0.29) is 12.3 Å². The lowest BCUT2D eigenvalue weighted by Gasteiger charge is -2.23. The van der Waals surface area contributed by atoms with Gasteiger partial charge in [0.2, 0.25) is 0 Å². The number of phenolic OH excluding ortho intramolecular Hbond substituents is 1. The summed E-state index contributed by atoms with van der Waals surface area (Å²) in [4.78, 5) is 6.08. The van der Waals surface area contributed by atoms with E-state index in [1.54, 1.807) is 18.2 Å². The van der Waals surface area contributed by atoms with E-state index in [2.05, 4.69) is 11.6 Å². The molecule has 0 aromatic heterocycles. The second kappa shape index (κ2) is 8.99. The van der Waals surface area contributed by atoms with Crippen LogP contribution in [0.4, 0.5) is 4.39 Å². The van der Waals surface area contributed by atoms with Crippen LogP contribution >= 0.6 is 0 Å². The molecular weight excluding hydrogens is 319 g/mol. The van der Waals surface area contributed by atoms with Crippen LogP contribution in [0.3, 0.4) is 0 Å². The third-order valence-electron chi connectivity index (χ3n) is 3.64. The van der Waals surface area contributed by atoms with Gasteiger partial charge in [0.25, 0.3) is 0 Å². The normalized spacial score (nSPS) is 12.3. The van der Waals surface area contributed by atoms with Gasteiger partial charge in [-0.05, 0) is 30.7 Å². The molecule has 0 saturated carbocycles. The van der Waals surface area contributed by atoms with Crippen LogP contribution in [-0.4, -0.2) is 27.6 Å². The van der Waals surface area contributed by atoms with Crippen molar-refractivity contribution in [3.8, 4) is 5.75 Å². The largest absolute Gasteiger partial charge is 0.508 e. The summed E-state index contributed by atoms with van der Waals surface area (Å²) >= 11 is 0. The van der Waals surface area contributed by atoms with E-state index in [0.29, 0.717) is 24.2 Å². The Kier molecular flexibility index (Phi) is 6.71. The molecule has 1 unspecified atom stereocenters. The molecule has 132 valence electrons. The fraction of sp³-hybridized carbons (Fsp3) is 0.250. The summed E-state index contributed by atoms with van der Waals surface area (Å²) in [5, 5.41) is 19.2. The van der Waals surface area contributed by atoms with Crippen molar-refractivity contribution in [1.29, 1.82) is 0 Å². The molecule has 5 heteroatoms. The molecule has 1 atom stereocenters. The highest BCUT2D eigenvalue weighted by molar-refractivity contribution is 5.58. The number of aliphatic hydroxyl groups is 1. The molecule has 0 bridgehead atoms. The van der Waals surface area contributed by atoms with Gasteiger partial charge < -0.3 is 15.1 Å². The number of aliphatic hydroxyl groups excluding tert-OH is 1. The number of aliphatic imine (C=N–C) groups is 1. The Balaban J connectivity index is 2.14. The Bertz CT molecular complexity index is 730.